The number of carboxylic acid groups (broad SMARTS) is 1. The van der Waals surface area contributed by atoms with E-state index >= 15 is 0 Å². The van der Waals surface area contributed by atoms with Crippen LogP contribution in [0.4, 0.5) is 0 Å². The van der Waals surface area contributed by atoms with Crippen molar-refractivity contribution in [1.29, 1.82) is 0 Å². The molecule has 0 bridgehead atoms. The molecule has 0 spiro atoms. The third-order valence-electron chi connectivity index (χ3n) is 4.87. The first-order chi connectivity index (χ1) is 12.5. The van der Waals surface area contributed by atoms with Crippen molar-refractivity contribution in [3.8, 4) is 17.1 Å². The highest BCUT2D eigenvalue weighted by atomic mass is 16.5. The van der Waals surface area contributed by atoms with Crippen LogP contribution in [0, 0.1) is 0 Å². The topological polar surface area (TPSA) is 66.2 Å². The fraction of sp³-hybridized carbons (Fsp3) is 0.450. The van der Waals surface area contributed by atoms with E-state index in [1.54, 1.807) is 0 Å². The molecule has 2 heterocycles. The van der Waals surface area contributed by atoms with Gasteiger partial charge in [0.05, 0.1) is 13.2 Å². The Bertz CT molecular complexity index is 739. The SMILES string of the molecule is CCOc1ccc(-c2ccc(CN3C[C@H](N(C)C)C[C@H]3C(=O)O)o2)cc1. The van der Waals surface area contributed by atoms with Gasteiger partial charge in [0.1, 0.15) is 23.3 Å². The largest absolute Gasteiger partial charge is 0.494 e. The molecule has 6 nitrogen and oxygen atoms in total. The standard InChI is InChI=1S/C20H26N2O4/c1-4-25-16-7-5-14(6-8-16)19-10-9-17(26-19)13-22-12-15(21(2)3)11-18(22)20(23)24/h5-10,15,18H,4,11-13H2,1-3H3,(H,23,24)/t15-,18+/m1/s1. The molecule has 1 aromatic heterocycles. The molecule has 0 saturated carbocycles. The van der Waals surface area contributed by atoms with E-state index in [4.69, 9.17) is 9.15 Å². The van der Waals surface area contributed by atoms with Crippen LogP contribution in [0.3, 0.4) is 0 Å². The van der Waals surface area contributed by atoms with Crippen LogP contribution in [0.2, 0.25) is 0 Å². The van der Waals surface area contributed by atoms with Crippen molar-refractivity contribution in [3.63, 3.8) is 0 Å². The van der Waals surface area contributed by atoms with Crippen molar-refractivity contribution in [2.45, 2.75) is 32.0 Å². The van der Waals surface area contributed by atoms with E-state index in [9.17, 15) is 9.90 Å². The Morgan fingerprint density at radius 1 is 1.27 bits per heavy atom. The lowest BCUT2D eigenvalue weighted by molar-refractivity contribution is -0.142. The third-order valence-corrected chi connectivity index (χ3v) is 4.87. The summed E-state index contributed by atoms with van der Waals surface area (Å²) < 4.78 is 11.4. The highest BCUT2D eigenvalue weighted by Gasteiger charge is 2.37. The van der Waals surface area contributed by atoms with Crippen LogP contribution in [-0.4, -0.2) is 60.2 Å². The Labute approximate surface area is 154 Å². The third kappa shape index (κ3) is 4.08. The lowest BCUT2D eigenvalue weighted by atomic mass is 10.1. The molecule has 140 valence electrons. The van der Waals surface area contributed by atoms with Crippen LogP contribution < -0.4 is 4.74 Å². The van der Waals surface area contributed by atoms with Crippen molar-refractivity contribution < 1.29 is 19.1 Å². The second-order valence-corrected chi connectivity index (χ2v) is 6.86. The molecule has 0 amide bonds. The Hall–Kier alpha value is -2.31. The van der Waals surface area contributed by atoms with E-state index in [0.717, 1.165) is 29.4 Å². The van der Waals surface area contributed by atoms with Gasteiger partial charge in [0.15, 0.2) is 0 Å². The molecule has 0 radical (unpaired) electrons. The van der Waals surface area contributed by atoms with Gasteiger partial charge in [-0.15, -0.1) is 0 Å². The van der Waals surface area contributed by atoms with Gasteiger partial charge in [0.2, 0.25) is 0 Å². The highest BCUT2D eigenvalue weighted by molar-refractivity contribution is 5.74. The van der Waals surface area contributed by atoms with E-state index in [-0.39, 0.29) is 6.04 Å². The molecule has 6 heteroatoms. The molecule has 0 unspecified atom stereocenters. The Morgan fingerprint density at radius 2 is 2.00 bits per heavy atom. The van der Waals surface area contributed by atoms with E-state index in [0.29, 0.717) is 19.6 Å². The van der Waals surface area contributed by atoms with E-state index in [1.807, 2.05) is 62.3 Å². The second-order valence-electron chi connectivity index (χ2n) is 6.86. The van der Waals surface area contributed by atoms with Crippen molar-refractivity contribution in [1.82, 2.24) is 9.80 Å². The predicted molar refractivity (Wildman–Crippen MR) is 99.2 cm³/mol. The number of hydrogen-bond donors (Lipinski definition) is 1. The minimum absolute atomic E-state index is 0.247. The summed E-state index contributed by atoms with van der Waals surface area (Å²) in [5.41, 5.74) is 0.974. The van der Waals surface area contributed by atoms with Crippen LogP contribution in [0.25, 0.3) is 11.3 Å². The van der Waals surface area contributed by atoms with Gasteiger partial charge in [-0.25, -0.2) is 0 Å². The first-order valence-electron chi connectivity index (χ1n) is 8.93. The summed E-state index contributed by atoms with van der Waals surface area (Å²) in [6, 6.07) is 11.4. The zero-order valence-corrected chi connectivity index (χ0v) is 15.5. The van der Waals surface area contributed by atoms with Crippen LogP contribution in [0.1, 0.15) is 19.1 Å². The number of rotatable bonds is 7. The average Bonchev–Trinajstić information content (AvgIpc) is 3.23. The Morgan fingerprint density at radius 3 is 2.62 bits per heavy atom. The Kier molecular flexibility index (Phi) is 5.64. The van der Waals surface area contributed by atoms with Crippen molar-refractivity contribution in [3.05, 3.63) is 42.2 Å². The molecule has 0 aliphatic carbocycles. The van der Waals surface area contributed by atoms with E-state index < -0.39 is 12.0 Å². The summed E-state index contributed by atoms with van der Waals surface area (Å²) in [7, 11) is 3.98. The molecule has 1 saturated heterocycles. The molecule has 1 N–H and O–H groups in total. The summed E-state index contributed by atoms with van der Waals surface area (Å²) in [5.74, 6) is 1.62. The minimum atomic E-state index is -0.771. The molecule has 26 heavy (non-hydrogen) atoms. The van der Waals surface area contributed by atoms with Crippen molar-refractivity contribution in [2.24, 2.45) is 0 Å². The number of ether oxygens (including phenoxy) is 1. The first kappa shape index (κ1) is 18.5. The quantitative estimate of drug-likeness (QED) is 0.821. The fourth-order valence-electron chi connectivity index (χ4n) is 3.39. The van der Waals surface area contributed by atoms with Gasteiger partial charge in [0, 0.05) is 18.2 Å². The summed E-state index contributed by atoms with van der Waals surface area (Å²) in [4.78, 5) is 15.6. The number of nitrogens with zero attached hydrogens (tertiary/aromatic N) is 2. The monoisotopic (exact) mass is 358 g/mol. The molecule has 2 aromatic rings. The number of carbonyl (C=O) groups is 1. The summed E-state index contributed by atoms with van der Waals surface area (Å²) in [6.45, 7) is 3.82. The number of likely N-dealkylation sites (N-methyl/N-ethyl adjacent to an activating group) is 1. The summed E-state index contributed by atoms with van der Waals surface area (Å²) in [6.07, 6.45) is 0.634. The lowest BCUT2D eigenvalue weighted by Crippen LogP contribution is -2.35. The molecule has 3 rings (SSSR count). The maximum atomic E-state index is 11.6. The number of carboxylic acids is 1. The molecule has 1 aromatic carbocycles. The molecule has 1 fully saturated rings. The van der Waals surface area contributed by atoms with Crippen LogP contribution in [0.5, 0.6) is 5.75 Å². The molecule has 2 atom stereocenters. The molecular formula is C20H26N2O4. The normalized spacial score (nSPS) is 20.6. The molecule has 1 aliphatic heterocycles. The van der Waals surface area contributed by atoms with Gasteiger partial charge >= 0.3 is 5.97 Å². The van der Waals surface area contributed by atoms with E-state index in [2.05, 4.69) is 4.90 Å². The van der Waals surface area contributed by atoms with Gasteiger partial charge < -0.3 is 19.2 Å². The van der Waals surface area contributed by atoms with Crippen molar-refractivity contribution >= 4 is 5.97 Å². The van der Waals surface area contributed by atoms with Gasteiger partial charge in [-0.05, 0) is 63.8 Å². The number of benzene rings is 1. The fourth-order valence-corrected chi connectivity index (χ4v) is 3.39. The molecular weight excluding hydrogens is 332 g/mol. The summed E-state index contributed by atoms with van der Waals surface area (Å²) >= 11 is 0. The van der Waals surface area contributed by atoms with E-state index in [1.165, 1.54) is 0 Å². The van der Waals surface area contributed by atoms with Gasteiger partial charge in [-0.1, -0.05) is 0 Å². The number of likely N-dealkylation sites (tertiary alicyclic amines) is 1. The lowest BCUT2D eigenvalue weighted by Gasteiger charge is -2.20. The second kappa shape index (κ2) is 7.93. The minimum Gasteiger partial charge on any atom is -0.494 e. The van der Waals surface area contributed by atoms with Crippen LogP contribution in [-0.2, 0) is 11.3 Å². The zero-order chi connectivity index (χ0) is 18.7. The zero-order valence-electron chi connectivity index (χ0n) is 15.5. The smallest absolute Gasteiger partial charge is 0.320 e. The predicted octanol–water partition coefficient (Wildman–Crippen LogP) is 2.93. The van der Waals surface area contributed by atoms with Gasteiger partial charge in [-0.2, -0.15) is 0 Å². The van der Waals surface area contributed by atoms with Crippen LogP contribution in [0.15, 0.2) is 40.8 Å². The highest BCUT2D eigenvalue weighted by Crippen LogP contribution is 2.28. The summed E-state index contributed by atoms with van der Waals surface area (Å²) in [5, 5.41) is 9.51. The first-order valence-corrected chi connectivity index (χ1v) is 8.93. The maximum absolute atomic E-state index is 11.6. The van der Waals surface area contributed by atoms with Gasteiger partial charge in [-0.3, -0.25) is 9.69 Å². The van der Waals surface area contributed by atoms with Gasteiger partial charge in [0.25, 0.3) is 0 Å². The Balaban J connectivity index is 1.70. The number of furan rings is 1. The number of hydrogen-bond acceptors (Lipinski definition) is 5. The maximum Gasteiger partial charge on any atom is 0.320 e. The molecule has 1 aliphatic rings. The van der Waals surface area contributed by atoms with Crippen LogP contribution >= 0.6 is 0 Å². The average molecular weight is 358 g/mol. The number of aliphatic carboxylic acids is 1. The van der Waals surface area contributed by atoms with Crippen molar-refractivity contribution in [2.75, 3.05) is 27.2 Å².